The first-order valence-corrected chi connectivity index (χ1v) is 11.2. The number of nitrogens with zero attached hydrogens (tertiary/aromatic N) is 1. The molecule has 0 unspecified atom stereocenters. The normalized spacial score (nSPS) is 13.4. The van der Waals surface area contributed by atoms with E-state index in [0.29, 0.717) is 11.1 Å². The minimum atomic E-state index is -4.03. The Morgan fingerprint density at radius 3 is 2.10 bits per heavy atom. The molecule has 0 aliphatic carbocycles. The molecule has 0 saturated carbocycles. The molecular weight excluding hydrogens is 412 g/mol. The largest absolute Gasteiger partial charge is 0.264 e. The van der Waals surface area contributed by atoms with E-state index in [1.165, 1.54) is 12.1 Å². The van der Waals surface area contributed by atoms with Gasteiger partial charge in [-0.05, 0) is 42.7 Å². The van der Waals surface area contributed by atoms with Crippen LogP contribution in [-0.2, 0) is 10.0 Å². The van der Waals surface area contributed by atoms with Gasteiger partial charge in [-0.3, -0.25) is 10.1 Å². The lowest BCUT2D eigenvalue weighted by Crippen LogP contribution is -2.41. The van der Waals surface area contributed by atoms with Crippen LogP contribution in [0.25, 0.3) is 5.57 Å². The van der Waals surface area contributed by atoms with Crippen LogP contribution in [0.3, 0.4) is 0 Å². The molecule has 31 heavy (non-hydrogen) atoms. The van der Waals surface area contributed by atoms with Crippen molar-refractivity contribution in [2.75, 3.05) is 0 Å². The van der Waals surface area contributed by atoms with E-state index in [2.05, 4.69) is 11.3 Å². The van der Waals surface area contributed by atoms with E-state index in [0.717, 1.165) is 11.1 Å². The van der Waals surface area contributed by atoms with Crippen LogP contribution in [0.5, 0.6) is 0 Å². The van der Waals surface area contributed by atoms with Crippen LogP contribution in [0.4, 0.5) is 0 Å². The summed E-state index contributed by atoms with van der Waals surface area (Å²) in [5.74, 6) is 0. The Hall–Kier alpha value is -3.29. The van der Waals surface area contributed by atoms with Crippen molar-refractivity contribution in [3.05, 3.63) is 118 Å². The summed E-state index contributed by atoms with van der Waals surface area (Å²) in [4.78, 5) is 11.8. The molecule has 0 aromatic heterocycles. The summed E-state index contributed by atoms with van der Waals surface area (Å²) in [6.07, 6.45) is 0. The van der Waals surface area contributed by atoms with Gasteiger partial charge >= 0.3 is 0 Å². The fourth-order valence-electron chi connectivity index (χ4n) is 3.46. The Kier molecular flexibility index (Phi) is 6.68. The van der Waals surface area contributed by atoms with E-state index in [1.807, 2.05) is 6.92 Å². The molecule has 1 N–H and O–H groups in total. The molecule has 3 aromatic carbocycles. The zero-order chi connectivity index (χ0) is 22.6. The number of sulfonamides is 1. The summed E-state index contributed by atoms with van der Waals surface area (Å²) in [6, 6.07) is 19.6. The van der Waals surface area contributed by atoms with E-state index < -0.39 is 27.0 Å². The number of benzene rings is 3. The van der Waals surface area contributed by atoms with Gasteiger partial charge in [0.1, 0.15) is 6.04 Å². The molecule has 0 amide bonds. The van der Waals surface area contributed by atoms with Gasteiger partial charge in [-0.25, -0.2) is 8.42 Å². The van der Waals surface area contributed by atoms with Crippen LogP contribution in [0.15, 0.2) is 90.3 Å². The first kappa shape index (κ1) is 22.4. The van der Waals surface area contributed by atoms with E-state index in [-0.39, 0.29) is 10.5 Å². The molecule has 3 rings (SSSR count). The molecule has 0 aliphatic heterocycles. The van der Waals surface area contributed by atoms with Crippen molar-refractivity contribution in [3.63, 3.8) is 0 Å². The number of hydrogen-bond acceptors (Lipinski definition) is 4. The van der Waals surface area contributed by atoms with Gasteiger partial charge in [0, 0.05) is 10.5 Å². The minimum Gasteiger partial charge on any atom is -0.264 e. The number of rotatable bonds is 8. The Morgan fingerprint density at radius 1 is 0.935 bits per heavy atom. The Balaban J connectivity index is 2.11. The molecule has 0 radical (unpaired) electrons. The van der Waals surface area contributed by atoms with Gasteiger partial charge in [0.2, 0.25) is 10.0 Å². The van der Waals surface area contributed by atoms with Crippen molar-refractivity contribution >= 4 is 15.6 Å². The number of hydrogen-bond donors (Lipinski definition) is 1. The highest BCUT2D eigenvalue weighted by atomic mass is 32.2. The van der Waals surface area contributed by atoms with E-state index in [1.54, 1.807) is 73.7 Å². The smallest absolute Gasteiger partial charge is 0.258 e. The number of aryl methyl sites for hydroxylation is 2. The highest BCUT2D eigenvalue weighted by Gasteiger charge is 2.39. The van der Waals surface area contributed by atoms with Crippen LogP contribution >= 0.6 is 0 Å². The Labute approximate surface area is 182 Å². The molecule has 160 valence electrons. The molecule has 0 heterocycles. The molecule has 2 atom stereocenters. The highest BCUT2D eigenvalue weighted by molar-refractivity contribution is 7.89. The first-order valence-electron chi connectivity index (χ1n) is 9.73. The summed E-state index contributed by atoms with van der Waals surface area (Å²) in [6.45, 7) is 7.61. The third-order valence-electron chi connectivity index (χ3n) is 5.18. The van der Waals surface area contributed by atoms with Gasteiger partial charge in [0.25, 0.3) is 6.04 Å². The predicted molar refractivity (Wildman–Crippen MR) is 122 cm³/mol. The summed E-state index contributed by atoms with van der Waals surface area (Å²) in [5.41, 5.74) is 2.99. The number of nitro groups is 1. The second-order valence-electron chi connectivity index (χ2n) is 7.39. The van der Waals surface area contributed by atoms with Gasteiger partial charge in [0.15, 0.2) is 0 Å². The molecular formula is C24H24N2O4S. The summed E-state index contributed by atoms with van der Waals surface area (Å²) in [7, 11) is -4.03. The van der Waals surface area contributed by atoms with Crippen LogP contribution in [-0.4, -0.2) is 19.4 Å². The summed E-state index contributed by atoms with van der Waals surface area (Å²) >= 11 is 0. The fourth-order valence-corrected chi connectivity index (χ4v) is 4.68. The average Bonchev–Trinajstić information content (AvgIpc) is 2.74. The zero-order valence-corrected chi connectivity index (χ0v) is 18.2. The third kappa shape index (κ3) is 5.07. The van der Waals surface area contributed by atoms with Crippen LogP contribution in [0.2, 0.25) is 0 Å². The second kappa shape index (κ2) is 9.24. The lowest BCUT2D eigenvalue weighted by molar-refractivity contribution is -0.510. The zero-order valence-electron chi connectivity index (χ0n) is 17.4. The lowest BCUT2D eigenvalue weighted by atomic mass is 9.89. The van der Waals surface area contributed by atoms with Crippen LogP contribution < -0.4 is 4.72 Å². The average molecular weight is 437 g/mol. The molecule has 3 aromatic rings. The Bertz CT molecular complexity index is 1190. The maximum absolute atomic E-state index is 13.2. The molecule has 7 heteroatoms. The first-order chi connectivity index (χ1) is 14.7. The maximum atomic E-state index is 13.2. The minimum absolute atomic E-state index is 0.0455. The van der Waals surface area contributed by atoms with Gasteiger partial charge in [0.05, 0.1) is 4.90 Å². The van der Waals surface area contributed by atoms with Crippen LogP contribution in [0.1, 0.15) is 28.3 Å². The third-order valence-corrected chi connectivity index (χ3v) is 6.64. The topological polar surface area (TPSA) is 89.3 Å². The van der Waals surface area contributed by atoms with Gasteiger partial charge in [-0.2, -0.15) is 4.72 Å². The van der Waals surface area contributed by atoms with Crippen molar-refractivity contribution in [1.82, 2.24) is 4.72 Å². The van der Waals surface area contributed by atoms with Gasteiger partial charge < -0.3 is 0 Å². The lowest BCUT2D eigenvalue weighted by Gasteiger charge is -2.25. The van der Waals surface area contributed by atoms with E-state index >= 15 is 0 Å². The molecule has 6 nitrogen and oxygen atoms in total. The van der Waals surface area contributed by atoms with Crippen molar-refractivity contribution in [1.29, 1.82) is 0 Å². The van der Waals surface area contributed by atoms with E-state index in [9.17, 15) is 18.5 Å². The van der Waals surface area contributed by atoms with E-state index in [4.69, 9.17) is 0 Å². The SMILES string of the molecule is C=C(c1ccccc1)[C@H]([C@H](NS(=O)(=O)c1ccc(C)cc1)c1ccccc1C)[N+](=O)[O-]. The van der Waals surface area contributed by atoms with Crippen molar-refractivity contribution < 1.29 is 13.3 Å². The Morgan fingerprint density at radius 2 is 1.52 bits per heavy atom. The maximum Gasteiger partial charge on any atom is 0.258 e. The fraction of sp³-hybridized carbons (Fsp3) is 0.167. The molecule has 0 fully saturated rings. The standard InChI is InChI=1S/C24H24N2O4S/c1-17-13-15-21(16-14-17)31(29,30)25-23(22-12-8-7-9-18(22)2)24(26(27)28)19(3)20-10-5-4-6-11-20/h4-16,23-25H,3H2,1-2H3/t23-,24-/m1/s1. The van der Waals surface area contributed by atoms with Crippen molar-refractivity contribution in [2.24, 2.45) is 0 Å². The van der Waals surface area contributed by atoms with Crippen LogP contribution in [0, 0.1) is 24.0 Å². The predicted octanol–water partition coefficient (Wildman–Crippen LogP) is 4.68. The van der Waals surface area contributed by atoms with Gasteiger partial charge in [-0.1, -0.05) is 78.9 Å². The summed E-state index contributed by atoms with van der Waals surface area (Å²) < 4.78 is 28.9. The van der Waals surface area contributed by atoms with Crippen molar-refractivity contribution in [2.45, 2.75) is 30.8 Å². The molecule has 0 spiro atoms. The van der Waals surface area contributed by atoms with Crippen molar-refractivity contribution in [3.8, 4) is 0 Å². The second-order valence-corrected chi connectivity index (χ2v) is 9.10. The monoisotopic (exact) mass is 436 g/mol. The molecule has 0 bridgehead atoms. The molecule has 0 aliphatic rings. The summed E-state index contributed by atoms with van der Waals surface area (Å²) in [5, 5.41) is 12.2. The highest BCUT2D eigenvalue weighted by Crippen LogP contribution is 2.32. The quantitative estimate of drug-likeness (QED) is 0.410. The number of nitrogens with one attached hydrogen (secondary N) is 1. The molecule has 0 saturated heterocycles. The van der Waals surface area contributed by atoms with Gasteiger partial charge in [-0.15, -0.1) is 0 Å².